The van der Waals surface area contributed by atoms with Gasteiger partial charge in [0.1, 0.15) is 19.3 Å². The van der Waals surface area contributed by atoms with E-state index in [2.05, 4.69) is 41.5 Å². The van der Waals surface area contributed by atoms with E-state index in [1.807, 2.05) is 0 Å². The first kappa shape index (κ1) is 89.1. The molecule has 0 aliphatic carbocycles. The van der Waals surface area contributed by atoms with Gasteiger partial charge in [-0.25, -0.2) is 9.13 Å². The maximum absolute atomic E-state index is 13.0. The molecule has 0 heterocycles. The maximum Gasteiger partial charge on any atom is 0.472 e. The Hall–Kier alpha value is -1.94. The van der Waals surface area contributed by atoms with Crippen molar-refractivity contribution in [2.24, 2.45) is 11.8 Å². The summed E-state index contributed by atoms with van der Waals surface area (Å²) in [5.41, 5.74) is 0. The first-order valence-electron chi connectivity index (χ1n) is 37.5. The molecule has 0 amide bonds. The minimum absolute atomic E-state index is 0.107. The molecule has 0 bridgehead atoms. The van der Waals surface area contributed by atoms with E-state index in [-0.39, 0.29) is 25.7 Å². The number of esters is 4. The number of unbranched alkanes of at least 4 members (excludes halogenated alkanes) is 40. The number of aliphatic hydroxyl groups is 1. The van der Waals surface area contributed by atoms with Gasteiger partial charge in [-0.1, -0.05) is 318 Å². The molecule has 0 aromatic carbocycles. The lowest BCUT2D eigenvalue weighted by Gasteiger charge is -2.21. The third kappa shape index (κ3) is 65.1. The van der Waals surface area contributed by atoms with Gasteiger partial charge in [0.05, 0.1) is 26.4 Å². The lowest BCUT2D eigenvalue weighted by atomic mass is 9.99. The van der Waals surface area contributed by atoms with E-state index >= 15 is 0 Å². The zero-order chi connectivity index (χ0) is 67.2. The Morgan fingerprint density at radius 2 is 0.560 bits per heavy atom. The molecule has 0 aromatic rings. The highest BCUT2D eigenvalue weighted by atomic mass is 31.2. The van der Waals surface area contributed by atoms with Crippen LogP contribution in [0.4, 0.5) is 0 Å². The summed E-state index contributed by atoms with van der Waals surface area (Å²) in [6.45, 7) is 9.59. The Bertz CT molecular complexity index is 1770. The van der Waals surface area contributed by atoms with E-state index in [0.29, 0.717) is 25.7 Å². The van der Waals surface area contributed by atoms with E-state index in [1.54, 1.807) is 0 Å². The average molecular weight is 1340 g/mol. The van der Waals surface area contributed by atoms with Crippen LogP contribution in [0, 0.1) is 11.8 Å². The molecule has 540 valence electrons. The van der Waals surface area contributed by atoms with E-state index < -0.39 is 97.5 Å². The minimum Gasteiger partial charge on any atom is -0.462 e. The van der Waals surface area contributed by atoms with Gasteiger partial charge in [-0.15, -0.1) is 0 Å². The summed E-state index contributed by atoms with van der Waals surface area (Å²) in [6.07, 6.45) is 49.7. The fourth-order valence-corrected chi connectivity index (χ4v) is 12.5. The molecule has 0 saturated carbocycles. The predicted molar refractivity (Wildman–Crippen MR) is 368 cm³/mol. The van der Waals surface area contributed by atoms with Crippen LogP contribution in [0.3, 0.4) is 0 Å². The molecule has 0 aromatic heterocycles. The zero-order valence-electron chi connectivity index (χ0n) is 59.1. The van der Waals surface area contributed by atoms with Gasteiger partial charge in [0.2, 0.25) is 0 Å². The highest BCUT2D eigenvalue weighted by Gasteiger charge is 2.30. The lowest BCUT2D eigenvalue weighted by Crippen LogP contribution is -2.30. The number of phosphoric ester groups is 2. The number of carbonyl (C=O) groups is 4. The Kier molecular flexibility index (Phi) is 62.7. The van der Waals surface area contributed by atoms with Crippen molar-refractivity contribution in [3.63, 3.8) is 0 Å². The third-order valence-corrected chi connectivity index (χ3v) is 19.0. The summed E-state index contributed by atoms with van der Waals surface area (Å²) in [6, 6.07) is 0. The molecule has 17 nitrogen and oxygen atoms in total. The molecule has 0 aliphatic rings. The summed E-state index contributed by atoms with van der Waals surface area (Å²) in [5.74, 6) is -0.534. The molecule has 0 fully saturated rings. The van der Waals surface area contributed by atoms with Gasteiger partial charge in [-0.05, 0) is 37.5 Å². The number of ether oxygens (including phenoxy) is 4. The number of phosphoric acid groups is 2. The summed E-state index contributed by atoms with van der Waals surface area (Å²) >= 11 is 0. The van der Waals surface area contributed by atoms with Crippen molar-refractivity contribution in [3.8, 4) is 0 Å². The number of hydrogen-bond donors (Lipinski definition) is 3. The standard InChI is InChI=1S/C72H140O17P2/c1-7-10-12-14-16-18-19-20-24-32-38-44-50-56-71(76)88-67(60-82-69(74)54-48-42-36-28-17-15-13-11-8-2)62-86-90(78,79)84-58-66(73)59-85-91(80,81)87-63-68(61-83-70(75)55-49-43-37-31-27-26-30-35-41-47-53-65(6)9-3)89-72(77)57-51-45-39-33-25-22-21-23-29-34-40-46-52-64(4)5/h64-68,73H,7-63H2,1-6H3,(H,78,79)(H,80,81)/t65?,66-,67+,68+/m0/s1. The van der Waals surface area contributed by atoms with Crippen molar-refractivity contribution in [2.45, 2.75) is 387 Å². The maximum atomic E-state index is 13.0. The van der Waals surface area contributed by atoms with Crippen molar-refractivity contribution >= 4 is 39.5 Å². The van der Waals surface area contributed by atoms with Crippen molar-refractivity contribution in [1.82, 2.24) is 0 Å². The van der Waals surface area contributed by atoms with Crippen LogP contribution in [0.1, 0.15) is 369 Å². The predicted octanol–water partition coefficient (Wildman–Crippen LogP) is 20.8. The molecule has 0 radical (unpaired) electrons. The molecule has 0 spiro atoms. The van der Waals surface area contributed by atoms with E-state index in [1.165, 1.54) is 186 Å². The molecule has 0 saturated heterocycles. The van der Waals surface area contributed by atoms with Gasteiger partial charge in [-0.2, -0.15) is 0 Å². The average Bonchev–Trinajstić information content (AvgIpc) is 3.72. The summed E-state index contributed by atoms with van der Waals surface area (Å²) in [4.78, 5) is 72.6. The van der Waals surface area contributed by atoms with Crippen LogP contribution in [0.25, 0.3) is 0 Å². The normalized spacial score (nSPS) is 14.4. The lowest BCUT2D eigenvalue weighted by molar-refractivity contribution is -0.161. The molecular formula is C72H140O17P2. The molecule has 3 N–H and O–H groups in total. The second-order valence-corrected chi connectivity index (χ2v) is 29.6. The molecular weight excluding hydrogens is 1200 g/mol. The van der Waals surface area contributed by atoms with Crippen LogP contribution < -0.4 is 0 Å². The largest absolute Gasteiger partial charge is 0.472 e. The second kappa shape index (κ2) is 64.1. The smallest absolute Gasteiger partial charge is 0.462 e. The first-order chi connectivity index (χ1) is 43.9. The minimum atomic E-state index is -4.95. The van der Waals surface area contributed by atoms with Crippen LogP contribution in [0.2, 0.25) is 0 Å². The highest BCUT2D eigenvalue weighted by molar-refractivity contribution is 7.47. The van der Waals surface area contributed by atoms with Crippen molar-refractivity contribution < 1.29 is 80.2 Å². The van der Waals surface area contributed by atoms with E-state index in [9.17, 15) is 43.2 Å². The molecule has 3 unspecified atom stereocenters. The SMILES string of the molecule is CCCCCCCCCCCCCCCC(=O)O[C@H](COC(=O)CCCCCCCCCCC)COP(=O)(O)OC[C@H](O)COP(=O)(O)OC[C@@H](COC(=O)CCCCCCCCCCCCC(C)CC)OC(=O)CCCCCCCCCCCCCCC(C)C. The van der Waals surface area contributed by atoms with Crippen LogP contribution in [0.5, 0.6) is 0 Å². The molecule has 0 aliphatic heterocycles. The second-order valence-electron chi connectivity index (χ2n) is 26.7. The Morgan fingerprint density at radius 1 is 0.319 bits per heavy atom. The van der Waals surface area contributed by atoms with Crippen LogP contribution in [-0.2, 0) is 65.4 Å². The van der Waals surface area contributed by atoms with Gasteiger partial charge >= 0.3 is 39.5 Å². The number of carbonyl (C=O) groups excluding carboxylic acids is 4. The van der Waals surface area contributed by atoms with Crippen LogP contribution >= 0.6 is 15.6 Å². The summed E-state index contributed by atoms with van der Waals surface area (Å²) in [7, 11) is -9.90. The van der Waals surface area contributed by atoms with Crippen molar-refractivity contribution in [2.75, 3.05) is 39.6 Å². The van der Waals surface area contributed by atoms with Gasteiger partial charge in [0.25, 0.3) is 0 Å². The molecule has 0 rings (SSSR count). The van der Waals surface area contributed by atoms with Crippen molar-refractivity contribution in [1.29, 1.82) is 0 Å². The third-order valence-electron chi connectivity index (χ3n) is 17.1. The quantitative estimate of drug-likeness (QED) is 0.0222. The van der Waals surface area contributed by atoms with Gasteiger partial charge < -0.3 is 33.8 Å². The Labute approximate surface area is 556 Å². The van der Waals surface area contributed by atoms with Gasteiger partial charge in [-0.3, -0.25) is 37.3 Å². The summed E-state index contributed by atoms with van der Waals surface area (Å²) < 4.78 is 68.4. The van der Waals surface area contributed by atoms with E-state index in [0.717, 1.165) is 102 Å². The molecule has 19 heteroatoms. The van der Waals surface area contributed by atoms with Gasteiger partial charge in [0, 0.05) is 25.7 Å². The van der Waals surface area contributed by atoms with Crippen molar-refractivity contribution in [3.05, 3.63) is 0 Å². The fourth-order valence-electron chi connectivity index (χ4n) is 10.9. The number of hydrogen-bond acceptors (Lipinski definition) is 15. The van der Waals surface area contributed by atoms with Gasteiger partial charge in [0.15, 0.2) is 12.2 Å². The Balaban J connectivity index is 5.25. The first-order valence-corrected chi connectivity index (χ1v) is 40.5. The molecule has 91 heavy (non-hydrogen) atoms. The number of rotatable bonds is 71. The molecule has 6 atom stereocenters. The highest BCUT2D eigenvalue weighted by Crippen LogP contribution is 2.45. The monoisotopic (exact) mass is 1340 g/mol. The topological polar surface area (TPSA) is 237 Å². The number of aliphatic hydroxyl groups excluding tert-OH is 1. The zero-order valence-corrected chi connectivity index (χ0v) is 60.9. The Morgan fingerprint density at radius 3 is 0.835 bits per heavy atom. The fraction of sp³-hybridized carbons (Fsp3) is 0.944. The van der Waals surface area contributed by atoms with E-state index in [4.69, 9.17) is 37.0 Å². The van der Waals surface area contributed by atoms with Crippen LogP contribution in [-0.4, -0.2) is 96.7 Å². The summed E-state index contributed by atoms with van der Waals surface area (Å²) in [5, 5.41) is 10.6. The van der Waals surface area contributed by atoms with Crippen LogP contribution in [0.15, 0.2) is 0 Å².